The van der Waals surface area contributed by atoms with E-state index in [1.807, 2.05) is 51.1 Å². The normalized spacial score (nSPS) is 14.9. The number of fused-ring (bicyclic) bond motifs is 1. The monoisotopic (exact) mass is 478 g/mol. The average molecular weight is 479 g/mol. The minimum absolute atomic E-state index is 0.00833. The van der Waals surface area contributed by atoms with Crippen molar-refractivity contribution in [1.82, 2.24) is 20.2 Å². The lowest BCUT2D eigenvalue weighted by Crippen LogP contribution is -2.44. The van der Waals surface area contributed by atoms with E-state index in [4.69, 9.17) is 14.0 Å². The maximum absolute atomic E-state index is 12.3. The standard InChI is InChI=1S/C25H26N4O6/c1-25(2,3)33-24(31)29-11-9-17(10-12-29)32-18-6-4-5-15(13-18)21-19-14-16(7-8-20(19)27-34-21)22-26-23(30)35-28-22/h4-8,13-14,17H,9-12H2,1-3H3,(H,26,28,30). The van der Waals surface area contributed by atoms with E-state index in [1.54, 1.807) is 17.0 Å². The Morgan fingerprint density at radius 2 is 1.86 bits per heavy atom. The van der Waals surface area contributed by atoms with Crippen LogP contribution in [0.5, 0.6) is 5.75 Å². The first-order valence-electron chi connectivity index (χ1n) is 11.5. The number of amides is 1. The predicted octanol–water partition coefficient (Wildman–Crippen LogP) is 4.62. The van der Waals surface area contributed by atoms with Crippen LogP contribution in [0, 0.1) is 0 Å². The van der Waals surface area contributed by atoms with E-state index >= 15 is 0 Å². The van der Waals surface area contributed by atoms with Crippen LogP contribution < -0.4 is 10.5 Å². The van der Waals surface area contributed by atoms with E-state index in [0.717, 1.165) is 10.9 Å². The molecule has 0 aliphatic carbocycles. The maximum atomic E-state index is 12.3. The molecule has 0 atom stereocenters. The molecule has 10 heteroatoms. The second kappa shape index (κ2) is 8.94. The lowest BCUT2D eigenvalue weighted by Gasteiger charge is -2.33. The predicted molar refractivity (Wildman–Crippen MR) is 127 cm³/mol. The fourth-order valence-electron chi connectivity index (χ4n) is 4.04. The smallest absolute Gasteiger partial charge is 0.439 e. The quantitative estimate of drug-likeness (QED) is 0.451. The van der Waals surface area contributed by atoms with E-state index in [2.05, 4.69) is 19.8 Å². The number of nitrogens with one attached hydrogen (secondary N) is 1. The van der Waals surface area contributed by atoms with Crippen LogP contribution in [0.25, 0.3) is 33.6 Å². The van der Waals surface area contributed by atoms with Gasteiger partial charge in [0.15, 0.2) is 11.6 Å². The number of nitrogens with zero attached hydrogens (tertiary/aromatic N) is 3. The fourth-order valence-corrected chi connectivity index (χ4v) is 4.04. The number of ether oxygens (including phenoxy) is 2. The van der Waals surface area contributed by atoms with E-state index in [9.17, 15) is 9.59 Å². The van der Waals surface area contributed by atoms with Crippen LogP contribution in [0.1, 0.15) is 33.6 Å². The Hall–Kier alpha value is -4.08. The van der Waals surface area contributed by atoms with E-state index in [-0.39, 0.29) is 12.2 Å². The highest BCUT2D eigenvalue weighted by Gasteiger charge is 2.27. The summed E-state index contributed by atoms with van der Waals surface area (Å²) in [6.45, 7) is 6.75. The van der Waals surface area contributed by atoms with Crippen molar-refractivity contribution in [2.24, 2.45) is 0 Å². The number of carbonyl (C=O) groups is 1. The van der Waals surface area contributed by atoms with E-state index < -0.39 is 11.4 Å². The van der Waals surface area contributed by atoms with Gasteiger partial charge in [0.2, 0.25) is 0 Å². The zero-order valence-electron chi connectivity index (χ0n) is 19.7. The summed E-state index contributed by atoms with van der Waals surface area (Å²) in [5.74, 6) is 1.00. The number of aromatic amines is 1. The molecule has 1 amide bonds. The molecule has 0 radical (unpaired) electrons. The largest absolute Gasteiger partial charge is 0.490 e. The highest BCUT2D eigenvalue weighted by Crippen LogP contribution is 2.33. The minimum Gasteiger partial charge on any atom is -0.490 e. The van der Waals surface area contributed by atoms with E-state index in [0.29, 0.717) is 54.3 Å². The molecular formula is C25H26N4O6. The van der Waals surface area contributed by atoms with Crippen LogP contribution in [0.15, 0.2) is 56.3 Å². The van der Waals surface area contributed by atoms with Crippen molar-refractivity contribution in [3.8, 4) is 28.5 Å². The third-order valence-corrected chi connectivity index (χ3v) is 5.68. The van der Waals surface area contributed by atoms with Gasteiger partial charge in [0.1, 0.15) is 23.0 Å². The second-order valence-corrected chi connectivity index (χ2v) is 9.50. The molecule has 2 aromatic heterocycles. The summed E-state index contributed by atoms with van der Waals surface area (Å²) in [5.41, 5.74) is 1.65. The third kappa shape index (κ3) is 5.06. The van der Waals surface area contributed by atoms with Gasteiger partial charge in [-0.2, -0.15) is 0 Å². The van der Waals surface area contributed by atoms with Gasteiger partial charge in [-0.3, -0.25) is 9.51 Å². The van der Waals surface area contributed by atoms with Crippen molar-refractivity contribution in [2.75, 3.05) is 13.1 Å². The molecule has 10 nitrogen and oxygen atoms in total. The van der Waals surface area contributed by atoms with Gasteiger partial charge in [0.25, 0.3) is 0 Å². The first kappa shape index (κ1) is 22.7. The van der Waals surface area contributed by atoms with E-state index in [1.165, 1.54) is 0 Å². The molecule has 5 rings (SSSR count). The lowest BCUT2D eigenvalue weighted by molar-refractivity contribution is 0.0126. The molecule has 0 bridgehead atoms. The van der Waals surface area contributed by atoms with Crippen LogP contribution in [0.2, 0.25) is 0 Å². The summed E-state index contributed by atoms with van der Waals surface area (Å²) in [4.78, 5) is 27.9. The van der Waals surface area contributed by atoms with Gasteiger partial charge in [-0.05, 0) is 51.1 Å². The number of hydrogen-bond acceptors (Lipinski definition) is 8. The van der Waals surface area contributed by atoms with Crippen LogP contribution in [-0.4, -0.2) is 51.1 Å². The van der Waals surface area contributed by atoms with Crippen molar-refractivity contribution in [1.29, 1.82) is 0 Å². The van der Waals surface area contributed by atoms with Gasteiger partial charge in [-0.1, -0.05) is 22.4 Å². The molecule has 4 aromatic rings. The van der Waals surface area contributed by atoms with Crippen LogP contribution in [-0.2, 0) is 4.74 Å². The molecule has 0 spiro atoms. The van der Waals surface area contributed by atoms with Gasteiger partial charge in [-0.15, -0.1) is 0 Å². The molecule has 0 saturated carbocycles. The number of rotatable bonds is 4. The number of aromatic nitrogens is 3. The first-order valence-corrected chi connectivity index (χ1v) is 11.5. The molecule has 1 aliphatic rings. The highest BCUT2D eigenvalue weighted by molar-refractivity contribution is 5.94. The summed E-state index contributed by atoms with van der Waals surface area (Å²) in [6.07, 6.45) is 1.14. The zero-order chi connectivity index (χ0) is 24.6. The van der Waals surface area contributed by atoms with Crippen molar-refractivity contribution in [3.63, 3.8) is 0 Å². The average Bonchev–Trinajstić information content (AvgIpc) is 3.44. The van der Waals surface area contributed by atoms with Gasteiger partial charge >= 0.3 is 11.8 Å². The Balaban J connectivity index is 1.30. The molecule has 1 saturated heterocycles. The fraction of sp³-hybridized carbons (Fsp3) is 0.360. The van der Waals surface area contributed by atoms with Gasteiger partial charge in [0, 0.05) is 37.1 Å². The van der Waals surface area contributed by atoms with Crippen LogP contribution >= 0.6 is 0 Å². The van der Waals surface area contributed by atoms with Crippen molar-refractivity contribution in [3.05, 3.63) is 53.0 Å². The summed E-state index contributed by atoms with van der Waals surface area (Å²) in [5, 5.41) is 8.67. The number of benzene rings is 2. The van der Waals surface area contributed by atoms with Gasteiger partial charge in [0.05, 0.1) is 5.39 Å². The summed E-state index contributed by atoms with van der Waals surface area (Å²) in [7, 11) is 0. The molecule has 1 N–H and O–H groups in total. The minimum atomic E-state index is -0.618. The Labute approximate surface area is 200 Å². The second-order valence-electron chi connectivity index (χ2n) is 9.50. The Kier molecular flexibility index (Phi) is 5.80. The topological polar surface area (TPSA) is 124 Å². The van der Waals surface area contributed by atoms with Crippen LogP contribution in [0.4, 0.5) is 4.79 Å². The Morgan fingerprint density at radius 3 is 2.57 bits per heavy atom. The van der Waals surface area contributed by atoms with Crippen LogP contribution in [0.3, 0.4) is 0 Å². The number of H-pyrrole nitrogens is 1. The zero-order valence-corrected chi connectivity index (χ0v) is 19.7. The molecule has 0 unspecified atom stereocenters. The molecule has 3 heterocycles. The molecule has 35 heavy (non-hydrogen) atoms. The molecule has 1 fully saturated rings. The van der Waals surface area contributed by atoms with Gasteiger partial charge < -0.3 is 18.9 Å². The van der Waals surface area contributed by atoms with Crippen molar-refractivity contribution < 1.29 is 23.3 Å². The molecule has 182 valence electrons. The number of hydrogen-bond donors (Lipinski definition) is 1. The molecule has 1 aliphatic heterocycles. The SMILES string of the molecule is CC(C)(C)OC(=O)N1CCC(Oc2cccc(-c3onc4ccc(-c5noc(=O)[nH]5)cc34)c2)CC1. The molecular weight excluding hydrogens is 452 g/mol. The number of piperidine rings is 1. The summed E-state index contributed by atoms with van der Waals surface area (Å²) >= 11 is 0. The Morgan fingerprint density at radius 1 is 1.06 bits per heavy atom. The van der Waals surface area contributed by atoms with Crippen molar-refractivity contribution >= 4 is 17.0 Å². The maximum Gasteiger partial charge on any atom is 0.439 e. The summed E-state index contributed by atoms with van der Waals surface area (Å²) in [6, 6.07) is 13.0. The first-order chi connectivity index (χ1) is 16.7. The Bertz CT molecular complexity index is 1410. The number of carbonyl (C=O) groups excluding carboxylic acids is 1. The highest BCUT2D eigenvalue weighted by atomic mass is 16.6. The van der Waals surface area contributed by atoms with Crippen molar-refractivity contribution in [2.45, 2.75) is 45.3 Å². The lowest BCUT2D eigenvalue weighted by atomic mass is 10.1. The summed E-state index contributed by atoms with van der Waals surface area (Å²) < 4.78 is 21.9. The number of likely N-dealkylation sites (tertiary alicyclic amines) is 1. The van der Waals surface area contributed by atoms with Gasteiger partial charge in [-0.25, -0.2) is 9.59 Å². The molecule has 2 aromatic carbocycles. The third-order valence-electron chi connectivity index (χ3n) is 5.68.